The van der Waals surface area contributed by atoms with Crippen LogP contribution >= 0.6 is 12.4 Å². The molecule has 2 aliphatic heterocycles. The minimum absolute atomic E-state index is 0. The zero-order valence-corrected chi connectivity index (χ0v) is 15.7. The Bertz CT molecular complexity index is 544. The van der Waals surface area contributed by atoms with Gasteiger partial charge in [0.1, 0.15) is 5.75 Å². The highest BCUT2D eigenvalue weighted by molar-refractivity contribution is 5.85. The Morgan fingerprint density at radius 3 is 2.80 bits per heavy atom. The molecule has 25 heavy (non-hydrogen) atoms. The van der Waals surface area contributed by atoms with E-state index < -0.39 is 0 Å². The molecule has 1 atom stereocenters. The lowest BCUT2D eigenvalue weighted by Crippen LogP contribution is -2.52. The van der Waals surface area contributed by atoms with Crippen LogP contribution in [-0.4, -0.2) is 74.7 Å². The predicted octanol–water partition coefficient (Wildman–Crippen LogP) is 0.713. The van der Waals surface area contributed by atoms with Crippen LogP contribution in [0.5, 0.6) is 5.75 Å². The Morgan fingerprint density at radius 1 is 1.32 bits per heavy atom. The molecule has 0 saturated carbocycles. The van der Waals surface area contributed by atoms with Crippen LogP contribution in [0, 0.1) is 0 Å². The maximum Gasteiger partial charge on any atom is 0.234 e. The van der Waals surface area contributed by atoms with Gasteiger partial charge in [0.25, 0.3) is 0 Å². The monoisotopic (exact) mass is 368 g/mol. The summed E-state index contributed by atoms with van der Waals surface area (Å²) >= 11 is 0. The summed E-state index contributed by atoms with van der Waals surface area (Å²) in [7, 11) is 1.65. The number of benzene rings is 1. The number of methoxy groups -OCH3 is 1. The van der Waals surface area contributed by atoms with Gasteiger partial charge >= 0.3 is 0 Å². The number of rotatable bonds is 6. The van der Waals surface area contributed by atoms with Gasteiger partial charge in [-0.15, -0.1) is 12.4 Å². The molecule has 1 aromatic carbocycles. The van der Waals surface area contributed by atoms with Gasteiger partial charge in [-0.1, -0.05) is 12.1 Å². The summed E-state index contributed by atoms with van der Waals surface area (Å²) in [5.41, 5.74) is 1.06. The molecule has 2 fully saturated rings. The molecule has 1 unspecified atom stereocenters. The van der Waals surface area contributed by atoms with Gasteiger partial charge in [-0.2, -0.15) is 0 Å². The summed E-state index contributed by atoms with van der Waals surface area (Å²) in [5, 5.41) is 6.43. The van der Waals surface area contributed by atoms with E-state index in [2.05, 4.69) is 20.4 Å². The van der Waals surface area contributed by atoms with Gasteiger partial charge in [-0.3, -0.25) is 14.6 Å². The summed E-state index contributed by atoms with van der Waals surface area (Å²) in [4.78, 5) is 17.0. The molecule has 1 aromatic rings. The third kappa shape index (κ3) is 5.85. The van der Waals surface area contributed by atoms with Crippen LogP contribution in [0.3, 0.4) is 0 Å². The number of amides is 1. The van der Waals surface area contributed by atoms with E-state index in [1.807, 2.05) is 24.3 Å². The van der Waals surface area contributed by atoms with Gasteiger partial charge in [-0.05, 0) is 30.7 Å². The highest BCUT2D eigenvalue weighted by Crippen LogP contribution is 2.13. The van der Waals surface area contributed by atoms with Crippen molar-refractivity contribution in [1.29, 1.82) is 0 Å². The predicted molar refractivity (Wildman–Crippen MR) is 101 cm³/mol. The van der Waals surface area contributed by atoms with Crippen molar-refractivity contribution in [2.24, 2.45) is 0 Å². The van der Waals surface area contributed by atoms with E-state index >= 15 is 0 Å². The van der Waals surface area contributed by atoms with Gasteiger partial charge in [0, 0.05) is 45.3 Å². The maximum atomic E-state index is 12.2. The Morgan fingerprint density at radius 2 is 2.12 bits per heavy atom. The van der Waals surface area contributed by atoms with Crippen LogP contribution < -0.4 is 15.4 Å². The van der Waals surface area contributed by atoms with Crippen LogP contribution in [0.2, 0.25) is 0 Å². The minimum atomic E-state index is 0. The van der Waals surface area contributed by atoms with Crippen LogP contribution in [-0.2, 0) is 11.3 Å². The van der Waals surface area contributed by atoms with E-state index in [9.17, 15) is 4.79 Å². The Hall–Kier alpha value is -1.34. The molecule has 2 aliphatic rings. The number of halogens is 1. The van der Waals surface area contributed by atoms with Crippen molar-refractivity contribution in [1.82, 2.24) is 20.4 Å². The molecular formula is C18H29ClN4O2. The molecule has 0 bridgehead atoms. The number of piperazine rings is 1. The van der Waals surface area contributed by atoms with E-state index in [4.69, 9.17) is 4.74 Å². The Kier molecular flexibility index (Phi) is 7.96. The summed E-state index contributed by atoms with van der Waals surface area (Å²) in [6, 6.07) is 8.49. The fraction of sp³-hybridized carbons (Fsp3) is 0.611. The van der Waals surface area contributed by atoms with Crippen LogP contribution in [0.4, 0.5) is 0 Å². The quantitative estimate of drug-likeness (QED) is 0.774. The molecule has 0 aliphatic carbocycles. The number of nitrogens with one attached hydrogen (secondary N) is 2. The average molecular weight is 369 g/mol. The van der Waals surface area contributed by atoms with Crippen molar-refractivity contribution >= 4 is 18.3 Å². The Balaban J connectivity index is 0.00000225. The summed E-state index contributed by atoms with van der Waals surface area (Å²) in [6.07, 6.45) is 1.25. The van der Waals surface area contributed by atoms with Crippen molar-refractivity contribution < 1.29 is 9.53 Å². The van der Waals surface area contributed by atoms with Crippen LogP contribution in [0.1, 0.15) is 12.0 Å². The van der Waals surface area contributed by atoms with Crippen LogP contribution in [0.25, 0.3) is 0 Å². The molecular weight excluding hydrogens is 340 g/mol. The average Bonchev–Trinajstić information content (AvgIpc) is 3.15. The second-order valence-electron chi connectivity index (χ2n) is 6.59. The Labute approximate surface area is 156 Å². The lowest BCUT2D eigenvalue weighted by Gasteiger charge is -2.37. The molecule has 0 aromatic heterocycles. The first-order valence-corrected chi connectivity index (χ1v) is 8.81. The molecule has 2 N–H and O–H groups in total. The molecule has 0 spiro atoms. The zero-order chi connectivity index (χ0) is 16.8. The van der Waals surface area contributed by atoms with Crippen molar-refractivity contribution in [2.45, 2.75) is 19.0 Å². The first kappa shape index (κ1) is 20.0. The van der Waals surface area contributed by atoms with E-state index in [1.165, 1.54) is 6.42 Å². The molecule has 3 rings (SSSR count). The van der Waals surface area contributed by atoms with E-state index in [0.29, 0.717) is 19.1 Å². The second kappa shape index (κ2) is 9.97. The number of nitrogens with zero attached hydrogens (tertiary/aromatic N) is 2. The minimum Gasteiger partial charge on any atom is -0.497 e. The van der Waals surface area contributed by atoms with Crippen molar-refractivity contribution in [2.75, 3.05) is 52.9 Å². The third-order valence-corrected chi connectivity index (χ3v) is 4.95. The van der Waals surface area contributed by atoms with Gasteiger partial charge < -0.3 is 15.4 Å². The third-order valence-electron chi connectivity index (χ3n) is 4.95. The molecule has 7 heteroatoms. The van der Waals surface area contributed by atoms with E-state index in [0.717, 1.165) is 50.6 Å². The maximum absolute atomic E-state index is 12.2. The molecule has 2 saturated heterocycles. The number of hydrogen-bond acceptors (Lipinski definition) is 5. The first-order chi connectivity index (χ1) is 11.7. The molecule has 1 amide bonds. The van der Waals surface area contributed by atoms with Gasteiger partial charge in [0.15, 0.2) is 0 Å². The topological polar surface area (TPSA) is 56.8 Å². The van der Waals surface area contributed by atoms with E-state index in [-0.39, 0.29) is 18.3 Å². The van der Waals surface area contributed by atoms with Crippen molar-refractivity contribution in [3.63, 3.8) is 0 Å². The molecule has 140 valence electrons. The molecule has 2 heterocycles. The number of carbonyl (C=O) groups excluding carboxylic acids is 1. The smallest absolute Gasteiger partial charge is 0.234 e. The fourth-order valence-corrected chi connectivity index (χ4v) is 3.48. The van der Waals surface area contributed by atoms with Crippen LogP contribution in [0.15, 0.2) is 24.3 Å². The highest BCUT2D eigenvalue weighted by atomic mass is 35.5. The standard InChI is InChI=1S/C18H28N4O2.ClH/c1-24-17-4-2-3-15(11-17)12-20-18(23)14-21-7-9-22(10-8-21)16-5-6-19-13-16;/h2-4,11,16,19H,5-10,12-14H2,1H3,(H,20,23);1H. The lowest BCUT2D eigenvalue weighted by atomic mass is 10.2. The highest BCUT2D eigenvalue weighted by Gasteiger charge is 2.26. The van der Waals surface area contributed by atoms with Gasteiger partial charge in [-0.25, -0.2) is 0 Å². The SMILES string of the molecule is COc1cccc(CNC(=O)CN2CCN(C3CCNC3)CC2)c1.Cl. The summed E-state index contributed by atoms with van der Waals surface area (Å²) in [6.45, 7) is 7.36. The number of hydrogen-bond donors (Lipinski definition) is 2. The second-order valence-corrected chi connectivity index (χ2v) is 6.59. The number of ether oxygens (including phenoxy) is 1. The summed E-state index contributed by atoms with van der Waals surface area (Å²) in [5.74, 6) is 0.910. The van der Waals surface area contributed by atoms with Gasteiger partial charge in [0.2, 0.25) is 5.91 Å². The lowest BCUT2D eigenvalue weighted by molar-refractivity contribution is -0.122. The largest absolute Gasteiger partial charge is 0.497 e. The summed E-state index contributed by atoms with van der Waals surface area (Å²) < 4.78 is 5.21. The van der Waals surface area contributed by atoms with E-state index in [1.54, 1.807) is 7.11 Å². The van der Waals surface area contributed by atoms with Crippen molar-refractivity contribution in [3.8, 4) is 5.75 Å². The first-order valence-electron chi connectivity index (χ1n) is 8.81. The number of carbonyl (C=O) groups is 1. The zero-order valence-electron chi connectivity index (χ0n) is 14.9. The fourth-order valence-electron chi connectivity index (χ4n) is 3.48. The molecule has 6 nitrogen and oxygen atoms in total. The normalized spacial score (nSPS) is 21.6. The van der Waals surface area contributed by atoms with Gasteiger partial charge in [0.05, 0.1) is 13.7 Å². The molecule has 0 radical (unpaired) electrons. The van der Waals surface area contributed by atoms with Crippen molar-refractivity contribution in [3.05, 3.63) is 29.8 Å².